The van der Waals surface area contributed by atoms with Crippen LogP contribution in [-0.4, -0.2) is 20.2 Å². The number of aryl methyl sites for hydroxylation is 1. The summed E-state index contributed by atoms with van der Waals surface area (Å²) in [4.78, 5) is 13.6. The lowest BCUT2D eigenvalue weighted by atomic mass is 10.2. The number of hydrogen-bond donors (Lipinski definition) is 0. The lowest BCUT2D eigenvalue weighted by molar-refractivity contribution is 0.0600. The van der Waals surface area contributed by atoms with E-state index in [-0.39, 0.29) is 5.97 Å². The van der Waals surface area contributed by atoms with Crippen LogP contribution in [0.15, 0.2) is 52.3 Å². The molecule has 0 amide bonds. The van der Waals surface area contributed by atoms with E-state index >= 15 is 0 Å². The van der Waals surface area contributed by atoms with Crippen LogP contribution in [-0.2, 0) is 4.74 Å². The summed E-state index contributed by atoms with van der Waals surface area (Å²) in [5, 5.41) is 0. The Balaban J connectivity index is 2.16. The minimum atomic E-state index is -0.317. The Kier molecular flexibility index (Phi) is 4.69. The summed E-state index contributed by atoms with van der Waals surface area (Å²) < 4.78 is 9.87. The Morgan fingerprint density at radius 3 is 2.30 bits per heavy atom. The van der Waals surface area contributed by atoms with Gasteiger partial charge in [-0.1, -0.05) is 11.8 Å². The Labute approximate surface area is 122 Å². The zero-order valence-corrected chi connectivity index (χ0v) is 12.5. The van der Waals surface area contributed by atoms with Crippen molar-refractivity contribution in [3.63, 3.8) is 0 Å². The number of ether oxygens (including phenoxy) is 2. The summed E-state index contributed by atoms with van der Waals surface area (Å²) in [5.41, 5.74) is 1.72. The van der Waals surface area contributed by atoms with Crippen molar-refractivity contribution in [1.29, 1.82) is 0 Å². The highest BCUT2D eigenvalue weighted by Gasteiger charge is 2.06. The molecule has 0 fully saturated rings. The molecule has 4 heteroatoms. The summed E-state index contributed by atoms with van der Waals surface area (Å²) in [6.45, 7) is 2.05. The van der Waals surface area contributed by atoms with Crippen LogP contribution in [0.1, 0.15) is 15.9 Å². The number of rotatable bonds is 4. The lowest BCUT2D eigenvalue weighted by Gasteiger charge is -2.08. The molecule has 0 N–H and O–H groups in total. The number of carbonyl (C=O) groups is 1. The van der Waals surface area contributed by atoms with Crippen molar-refractivity contribution in [1.82, 2.24) is 0 Å². The Hall–Kier alpha value is -1.94. The number of hydrogen-bond acceptors (Lipinski definition) is 4. The third-order valence-electron chi connectivity index (χ3n) is 2.89. The Morgan fingerprint density at radius 2 is 1.75 bits per heavy atom. The highest BCUT2D eigenvalue weighted by molar-refractivity contribution is 7.99. The first kappa shape index (κ1) is 14.5. The van der Waals surface area contributed by atoms with Gasteiger partial charge in [0.15, 0.2) is 0 Å². The first-order chi connectivity index (χ1) is 9.63. The molecule has 0 heterocycles. The predicted molar refractivity (Wildman–Crippen MR) is 79.6 cm³/mol. The van der Waals surface area contributed by atoms with Crippen LogP contribution in [0, 0.1) is 6.92 Å². The van der Waals surface area contributed by atoms with Crippen LogP contribution in [0.4, 0.5) is 0 Å². The zero-order valence-electron chi connectivity index (χ0n) is 11.7. The monoisotopic (exact) mass is 288 g/mol. The van der Waals surface area contributed by atoms with E-state index in [9.17, 15) is 4.79 Å². The summed E-state index contributed by atoms with van der Waals surface area (Å²) >= 11 is 1.65. The molecule has 0 radical (unpaired) electrons. The van der Waals surface area contributed by atoms with Gasteiger partial charge in [-0.2, -0.15) is 0 Å². The normalized spacial score (nSPS) is 10.2. The zero-order chi connectivity index (χ0) is 14.5. The molecule has 0 aliphatic rings. The van der Waals surface area contributed by atoms with Gasteiger partial charge in [0.25, 0.3) is 0 Å². The average molecular weight is 288 g/mol. The number of benzene rings is 2. The second kappa shape index (κ2) is 6.48. The van der Waals surface area contributed by atoms with E-state index in [1.807, 2.05) is 37.3 Å². The molecule has 0 atom stereocenters. The van der Waals surface area contributed by atoms with Gasteiger partial charge in [-0.25, -0.2) is 4.79 Å². The van der Waals surface area contributed by atoms with Crippen LogP contribution < -0.4 is 4.74 Å². The number of methoxy groups -OCH3 is 2. The fourth-order valence-electron chi connectivity index (χ4n) is 1.77. The largest absolute Gasteiger partial charge is 0.497 e. The van der Waals surface area contributed by atoms with Crippen molar-refractivity contribution >= 4 is 17.7 Å². The fraction of sp³-hybridized carbons (Fsp3) is 0.188. The molecular weight excluding hydrogens is 272 g/mol. The van der Waals surface area contributed by atoms with E-state index < -0.39 is 0 Å². The van der Waals surface area contributed by atoms with Crippen LogP contribution in [0.25, 0.3) is 0 Å². The molecule has 104 valence electrons. The van der Waals surface area contributed by atoms with E-state index in [2.05, 4.69) is 4.74 Å². The van der Waals surface area contributed by atoms with Gasteiger partial charge in [-0.05, 0) is 55.0 Å². The molecule has 2 aromatic rings. The number of esters is 1. The highest BCUT2D eigenvalue weighted by Crippen LogP contribution is 2.32. The van der Waals surface area contributed by atoms with Crippen LogP contribution in [0.2, 0.25) is 0 Å². The minimum absolute atomic E-state index is 0.317. The van der Waals surface area contributed by atoms with Crippen molar-refractivity contribution in [3.05, 3.63) is 53.6 Å². The van der Waals surface area contributed by atoms with Crippen LogP contribution in [0.5, 0.6) is 5.75 Å². The van der Waals surface area contributed by atoms with E-state index in [0.29, 0.717) is 5.56 Å². The molecule has 3 nitrogen and oxygen atoms in total. The average Bonchev–Trinajstić information content (AvgIpc) is 2.49. The summed E-state index contributed by atoms with van der Waals surface area (Å²) in [6, 6.07) is 13.4. The Morgan fingerprint density at radius 1 is 1.05 bits per heavy atom. The molecule has 0 aliphatic carbocycles. The van der Waals surface area contributed by atoms with Gasteiger partial charge in [0.05, 0.1) is 19.8 Å². The van der Waals surface area contributed by atoms with E-state index in [1.54, 1.807) is 31.0 Å². The molecule has 20 heavy (non-hydrogen) atoms. The summed E-state index contributed by atoms with van der Waals surface area (Å²) in [7, 11) is 3.04. The van der Waals surface area contributed by atoms with Gasteiger partial charge in [0.1, 0.15) is 5.75 Å². The standard InChI is InChI=1S/C16H16O3S/c1-11-10-13(18-2)6-9-15(11)20-14-7-4-12(5-8-14)16(17)19-3/h4-10H,1-3H3. The summed E-state index contributed by atoms with van der Waals surface area (Å²) in [5.74, 6) is 0.537. The van der Waals surface area contributed by atoms with Crippen molar-refractivity contribution in [2.45, 2.75) is 16.7 Å². The first-order valence-electron chi connectivity index (χ1n) is 6.15. The van der Waals surface area contributed by atoms with E-state index in [1.165, 1.54) is 7.11 Å². The molecule has 0 bridgehead atoms. The number of carbonyl (C=O) groups excluding carboxylic acids is 1. The highest BCUT2D eigenvalue weighted by atomic mass is 32.2. The van der Waals surface area contributed by atoms with Crippen molar-refractivity contribution in [2.24, 2.45) is 0 Å². The van der Waals surface area contributed by atoms with Gasteiger partial charge in [-0.3, -0.25) is 0 Å². The Bertz CT molecular complexity index is 606. The molecule has 0 unspecified atom stereocenters. The topological polar surface area (TPSA) is 35.5 Å². The maximum atomic E-state index is 11.4. The minimum Gasteiger partial charge on any atom is -0.497 e. The molecule has 2 aromatic carbocycles. The molecule has 2 rings (SSSR count). The quantitative estimate of drug-likeness (QED) is 0.798. The lowest BCUT2D eigenvalue weighted by Crippen LogP contribution is -2.00. The van der Waals surface area contributed by atoms with Gasteiger partial charge in [0, 0.05) is 9.79 Å². The maximum Gasteiger partial charge on any atom is 0.337 e. The maximum absolute atomic E-state index is 11.4. The third kappa shape index (κ3) is 3.33. The fourth-order valence-corrected chi connectivity index (χ4v) is 2.65. The molecule has 0 saturated heterocycles. The smallest absolute Gasteiger partial charge is 0.337 e. The molecule has 0 spiro atoms. The van der Waals surface area contributed by atoms with Crippen molar-refractivity contribution in [3.8, 4) is 5.75 Å². The molecular formula is C16H16O3S. The third-order valence-corrected chi connectivity index (χ3v) is 4.07. The second-order valence-electron chi connectivity index (χ2n) is 4.25. The van der Waals surface area contributed by atoms with Crippen molar-refractivity contribution < 1.29 is 14.3 Å². The molecule has 0 aromatic heterocycles. The van der Waals surface area contributed by atoms with Crippen LogP contribution >= 0.6 is 11.8 Å². The van der Waals surface area contributed by atoms with Gasteiger partial charge in [0.2, 0.25) is 0 Å². The van der Waals surface area contributed by atoms with E-state index in [0.717, 1.165) is 21.1 Å². The van der Waals surface area contributed by atoms with Crippen LogP contribution in [0.3, 0.4) is 0 Å². The van der Waals surface area contributed by atoms with Gasteiger partial charge in [-0.15, -0.1) is 0 Å². The van der Waals surface area contributed by atoms with Crippen molar-refractivity contribution in [2.75, 3.05) is 14.2 Å². The molecule has 0 saturated carbocycles. The molecule has 0 aliphatic heterocycles. The summed E-state index contributed by atoms with van der Waals surface area (Å²) in [6.07, 6.45) is 0. The van der Waals surface area contributed by atoms with Gasteiger partial charge >= 0.3 is 5.97 Å². The second-order valence-corrected chi connectivity index (χ2v) is 5.36. The van der Waals surface area contributed by atoms with Gasteiger partial charge < -0.3 is 9.47 Å². The SMILES string of the molecule is COC(=O)c1ccc(Sc2ccc(OC)cc2C)cc1. The van der Waals surface area contributed by atoms with E-state index in [4.69, 9.17) is 4.74 Å². The first-order valence-corrected chi connectivity index (χ1v) is 6.96. The predicted octanol–water partition coefficient (Wildman–Crippen LogP) is 3.94.